The molecule has 0 spiro atoms. The molecule has 2 aromatic carbocycles. The standard InChI is InChI=1S/C23H19BrF2N2O2/c1-13-2-4-20(17(10-13)22(29)30)28-21-16-11-15(24)3-5-19(16)27-12-18(21)14-6-8-23(25,26)9-7-14/h2-6,10-12H,7-9H2,1H3,(H,27,28)(H,29,30). The lowest BCUT2D eigenvalue weighted by Crippen LogP contribution is -2.18. The molecule has 3 aromatic rings. The third-order valence-electron chi connectivity index (χ3n) is 5.25. The van der Waals surface area contributed by atoms with Gasteiger partial charge in [-0.1, -0.05) is 33.6 Å². The smallest absolute Gasteiger partial charge is 0.337 e. The number of fused-ring (bicyclic) bond motifs is 1. The molecule has 1 aromatic heterocycles. The Hall–Kier alpha value is -2.80. The van der Waals surface area contributed by atoms with E-state index in [2.05, 4.69) is 26.2 Å². The topological polar surface area (TPSA) is 62.2 Å². The predicted octanol–water partition coefficient (Wildman–Crippen LogP) is 6.95. The molecule has 0 saturated heterocycles. The van der Waals surface area contributed by atoms with Gasteiger partial charge in [0.05, 0.1) is 22.5 Å². The molecule has 0 bridgehead atoms. The number of pyridine rings is 1. The van der Waals surface area contributed by atoms with Gasteiger partial charge in [-0.25, -0.2) is 13.6 Å². The molecule has 30 heavy (non-hydrogen) atoms. The monoisotopic (exact) mass is 472 g/mol. The lowest BCUT2D eigenvalue weighted by molar-refractivity contribution is -0.00603. The van der Waals surface area contributed by atoms with Crippen molar-refractivity contribution in [2.75, 3.05) is 5.32 Å². The summed E-state index contributed by atoms with van der Waals surface area (Å²) in [5.41, 5.74) is 4.26. The molecule has 2 N–H and O–H groups in total. The first kappa shape index (κ1) is 20.5. The summed E-state index contributed by atoms with van der Waals surface area (Å²) in [6.07, 6.45) is 2.91. The van der Waals surface area contributed by atoms with Gasteiger partial charge < -0.3 is 10.4 Å². The number of carboxylic acid groups (broad SMARTS) is 1. The number of rotatable bonds is 4. The van der Waals surface area contributed by atoms with Gasteiger partial charge in [-0.05, 0) is 49.2 Å². The van der Waals surface area contributed by atoms with Crippen LogP contribution in [0.25, 0.3) is 16.5 Å². The van der Waals surface area contributed by atoms with Crippen LogP contribution in [0.4, 0.5) is 20.2 Å². The van der Waals surface area contributed by atoms with Crippen LogP contribution in [0.15, 0.2) is 53.1 Å². The lowest BCUT2D eigenvalue weighted by Gasteiger charge is -2.24. The van der Waals surface area contributed by atoms with Crippen LogP contribution in [0.3, 0.4) is 0 Å². The molecule has 1 aliphatic carbocycles. The van der Waals surface area contributed by atoms with E-state index in [1.54, 1.807) is 24.4 Å². The average molecular weight is 473 g/mol. The van der Waals surface area contributed by atoms with Crippen LogP contribution in [0.2, 0.25) is 0 Å². The van der Waals surface area contributed by atoms with E-state index in [4.69, 9.17) is 0 Å². The number of allylic oxidation sites excluding steroid dienone is 2. The Labute approximate surface area is 180 Å². The molecule has 0 radical (unpaired) electrons. The minimum absolute atomic E-state index is 0.144. The summed E-state index contributed by atoms with van der Waals surface area (Å²) in [6, 6.07) is 10.8. The highest BCUT2D eigenvalue weighted by atomic mass is 79.9. The van der Waals surface area contributed by atoms with E-state index in [1.807, 2.05) is 31.2 Å². The highest BCUT2D eigenvalue weighted by molar-refractivity contribution is 9.10. The second-order valence-electron chi connectivity index (χ2n) is 7.48. The zero-order valence-corrected chi connectivity index (χ0v) is 17.8. The summed E-state index contributed by atoms with van der Waals surface area (Å²) in [7, 11) is 0. The van der Waals surface area contributed by atoms with Crippen molar-refractivity contribution >= 4 is 49.8 Å². The fourth-order valence-corrected chi connectivity index (χ4v) is 4.02. The van der Waals surface area contributed by atoms with Crippen molar-refractivity contribution < 1.29 is 18.7 Å². The molecule has 7 heteroatoms. The van der Waals surface area contributed by atoms with Crippen molar-refractivity contribution in [2.24, 2.45) is 0 Å². The number of aromatic carboxylic acids is 1. The molecule has 4 nitrogen and oxygen atoms in total. The molecule has 0 aliphatic heterocycles. The number of halogens is 3. The van der Waals surface area contributed by atoms with Crippen molar-refractivity contribution in [2.45, 2.75) is 32.1 Å². The maximum atomic E-state index is 13.7. The molecule has 0 amide bonds. The van der Waals surface area contributed by atoms with Gasteiger partial charge in [0.2, 0.25) is 0 Å². The third kappa shape index (κ3) is 4.07. The van der Waals surface area contributed by atoms with E-state index in [-0.39, 0.29) is 24.8 Å². The average Bonchev–Trinajstić information content (AvgIpc) is 2.69. The van der Waals surface area contributed by atoms with Gasteiger partial charge in [0, 0.05) is 34.5 Å². The fourth-order valence-electron chi connectivity index (χ4n) is 3.66. The summed E-state index contributed by atoms with van der Waals surface area (Å²) in [6.45, 7) is 1.83. The Morgan fingerprint density at radius 1 is 1.23 bits per heavy atom. The molecular weight excluding hydrogens is 454 g/mol. The zero-order valence-electron chi connectivity index (χ0n) is 16.2. The molecule has 1 heterocycles. The van der Waals surface area contributed by atoms with Crippen LogP contribution in [-0.2, 0) is 0 Å². The minimum Gasteiger partial charge on any atom is -0.478 e. The fraction of sp³-hybridized carbons (Fsp3) is 0.217. The van der Waals surface area contributed by atoms with E-state index < -0.39 is 11.9 Å². The van der Waals surface area contributed by atoms with Gasteiger partial charge in [0.25, 0.3) is 5.92 Å². The van der Waals surface area contributed by atoms with Crippen molar-refractivity contribution in [3.05, 3.63) is 69.8 Å². The highest BCUT2D eigenvalue weighted by Gasteiger charge is 2.32. The number of alkyl halides is 2. The van der Waals surface area contributed by atoms with Crippen molar-refractivity contribution in [1.29, 1.82) is 0 Å². The maximum Gasteiger partial charge on any atom is 0.337 e. The van der Waals surface area contributed by atoms with E-state index in [0.717, 1.165) is 26.5 Å². The summed E-state index contributed by atoms with van der Waals surface area (Å²) in [5.74, 6) is -3.74. The van der Waals surface area contributed by atoms with Gasteiger partial charge in [-0.2, -0.15) is 0 Å². The number of nitrogens with zero attached hydrogens (tertiary/aromatic N) is 1. The molecule has 1 aliphatic rings. The first-order valence-electron chi connectivity index (χ1n) is 9.50. The van der Waals surface area contributed by atoms with E-state index in [1.165, 1.54) is 0 Å². The van der Waals surface area contributed by atoms with Gasteiger partial charge in [-0.3, -0.25) is 4.98 Å². The van der Waals surface area contributed by atoms with Crippen LogP contribution >= 0.6 is 15.9 Å². The molecule has 0 unspecified atom stereocenters. The Balaban J connectivity index is 1.90. The van der Waals surface area contributed by atoms with Crippen molar-refractivity contribution in [3.63, 3.8) is 0 Å². The first-order chi connectivity index (χ1) is 14.2. The zero-order chi connectivity index (χ0) is 21.5. The highest BCUT2D eigenvalue weighted by Crippen LogP contribution is 2.41. The molecule has 154 valence electrons. The van der Waals surface area contributed by atoms with Gasteiger partial charge in [-0.15, -0.1) is 0 Å². The number of hydrogen-bond acceptors (Lipinski definition) is 3. The Morgan fingerprint density at radius 3 is 2.73 bits per heavy atom. The van der Waals surface area contributed by atoms with Gasteiger partial charge in [0.15, 0.2) is 0 Å². The summed E-state index contributed by atoms with van der Waals surface area (Å²) in [5, 5.41) is 13.7. The van der Waals surface area contributed by atoms with E-state index in [0.29, 0.717) is 16.9 Å². The maximum absolute atomic E-state index is 13.7. The van der Waals surface area contributed by atoms with Crippen LogP contribution in [0, 0.1) is 6.92 Å². The number of nitrogens with one attached hydrogen (secondary N) is 1. The Bertz CT molecular complexity index is 1190. The molecular formula is C23H19BrF2N2O2. The largest absolute Gasteiger partial charge is 0.478 e. The second kappa shape index (κ2) is 7.80. The number of anilines is 2. The number of carboxylic acids is 1. The van der Waals surface area contributed by atoms with Crippen LogP contribution in [0.1, 0.15) is 40.7 Å². The normalized spacial score (nSPS) is 15.7. The van der Waals surface area contributed by atoms with Crippen LogP contribution in [0.5, 0.6) is 0 Å². The molecule has 0 saturated carbocycles. The van der Waals surface area contributed by atoms with Crippen LogP contribution < -0.4 is 5.32 Å². The predicted molar refractivity (Wildman–Crippen MR) is 118 cm³/mol. The number of aromatic nitrogens is 1. The number of carbonyl (C=O) groups is 1. The van der Waals surface area contributed by atoms with Crippen LogP contribution in [-0.4, -0.2) is 22.0 Å². The second-order valence-corrected chi connectivity index (χ2v) is 8.39. The summed E-state index contributed by atoms with van der Waals surface area (Å²) in [4.78, 5) is 16.3. The summed E-state index contributed by atoms with van der Waals surface area (Å²) >= 11 is 3.47. The van der Waals surface area contributed by atoms with Gasteiger partial charge >= 0.3 is 5.97 Å². The first-order valence-corrected chi connectivity index (χ1v) is 10.3. The van der Waals surface area contributed by atoms with Crippen molar-refractivity contribution in [3.8, 4) is 0 Å². The third-order valence-corrected chi connectivity index (χ3v) is 5.74. The minimum atomic E-state index is -2.70. The Kier molecular flexibility index (Phi) is 5.32. The number of benzene rings is 2. The molecule has 0 atom stereocenters. The van der Waals surface area contributed by atoms with Gasteiger partial charge in [0.1, 0.15) is 0 Å². The molecule has 4 rings (SSSR count). The van der Waals surface area contributed by atoms with Crippen molar-refractivity contribution in [1.82, 2.24) is 4.98 Å². The molecule has 0 fully saturated rings. The van der Waals surface area contributed by atoms with E-state index in [9.17, 15) is 18.7 Å². The Morgan fingerprint density at radius 2 is 2.03 bits per heavy atom. The SMILES string of the molecule is Cc1ccc(Nc2c(C3=CCC(F)(F)CC3)cnc3ccc(Br)cc23)c(C(=O)O)c1. The summed E-state index contributed by atoms with van der Waals surface area (Å²) < 4.78 is 28.2. The van der Waals surface area contributed by atoms with E-state index >= 15 is 0 Å². The number of aryl methyl sites for hydroxylation is 1. The number of hydrogen-bond donors (Lipinski definition) is 2. The lowest BCUT2D eigenvalue weighted by atomic mass is 9.90. The quantitative estimate of drug-likeness (QED) is 0.431.